The Morgan fingerprint density at radius 3 is 2.55 bits per heavy atom. The molecule has 0 radical (unpaired) electrons. The predicted molar refractivity (Wildman–Crippen MR) is 78.9 cm³/mol. The van der Waals surface area contributed by atoms with Crippen LogP contribution in [-0.4, -0.2) is 16.5 Å². The van der Waals surface area contributed by atoms with Gasteiger partial charge in [-0.1, -0.05) is 31.0 Å². The van der Waals surface area contributed by atoms with Gasteiger partial charge in [0.25, 0.3) is 11.5 Å². The van der Waals surface area contributed by atoms with E-state index in [1.165, 1.54) is 17.4 Å². The summed E-state index contributed by atoms with van der Waals surface area (Å²) in [6, 6.07) is 7.55. The summed E-state index contributed by atoms with van der Waals surface area (Å²) in [5, 5.41) is 4.40. The molecule has 20 heavy (non-hydrogen) atoms. The van der Waals surface area contributed by atoms with Crippen molar-refractivity contribution >= 4 is 16.7 Å². The van der Waals surface area contributed by atoms with Crippen LogP contribution in [0.15, 0.2) is 35.3 Å². The number of nitrogens with one attached hydrogen (secondary N) is 1. The van der Waals surface area contributed by atoms with E-state index in [0.29, 0.717) is 10.9 Å². The Labute approximate surface area is 117 Å². The summed E-state index contributed by atoms with van der Waals surface area (Å²) in [6.45, 7) is 0. The smallest absolute Gasteiger partial charge is 0.258 e. The maximum Gasteiger partial charge on any atom is 0.258 e. The van der Waals surface area contributed by atoms with Crippen molar-refractivity contribution in [2.45, 2.75) is 31.7 Å². The van der Waals surface area contributed by atoms with E-state index in [4.69, 9.17) is 0 Å². The van der Waals surface area contributed by atoms with Gasteiger partial charge in [0.1, 0.15) is 0 Å². The van der Waals surface area contributed by atoms with E-state index in [9.17, 15) is 9.59 Å². The molecule has 1 saturated carbocycles. The number of carbonyl (C=O) groups excluding carboxylic acids is 1. The number of benzene rings is 1. The van der Waals surface area contributed by atoms with Crippen LogP contribution in [0.25, 0.3) is 10.8 Å². The van der Waals surface area contributed by atoms with Crippen molar-refractivity contribution in [3.63, 3.8) is 0 Å². The molecule has 0 saturated heterocycles. The molecule has 1 aromatic carbocycles. The first kappa shape index (κ1) is 12.9. The molecule has 104 valence electrons. The van der Waals surface area contributed by atoms with Crippen LogP contribution in [-0.2, 0) is 7.05 Å². The lowest BCUT2D eigenvalue weighted by molar-refractivity contribution is 0.0939. The standard InChI is InChI=1S/C16H18N2O2/c1-18-10-14(15(19)17-11-6-2-3-7-11)12-8-4-5-9-13(12)16(18)20/h4-5,8-11H,2-3,6-7H2,1H3,(H,17,19). The molecule has 1 aliphatic carbocycles. The molecule has 0 bridgehead atoms. The number of aromatic nitrogens is 1. The third-order valence-corrected chi connectivity index (χ3v) is 4.03. The Morgan fingerprint density at radius 1 is 1.20 bits per heavy atom. The van der Waals surface area contributed by atoms with Crippen molar-refractivity contribution in [1.29, 1.82) is 0 Å². The lowest BCUT2D eigenvalue weighted by atomic mass is 10.1. The van der Waals surface area contributed by atoms with Gasteiger partial charge in [-0.05, 0) is 18.9 Å². The minimum atomic E-state index is -0.0799. The van der Waals surface area contributed by atoms with E-state index in [1.807, 2.05) is 18.2 Å². The van der Waals surface area contributed by atoms with Crippen molar-refractivity contribution in [3.8, 4) is 0 Å². The van der Waals surface area contributed by atoms with E-state index in [1.54, 1.807) is 19.3 Å². The van der Waals surface area contributed by atoms with Crippen molar-refractivity contribution in [1.82, 2.24) is 9.88 Å². The number of hydrogen-bond acceptors (Lipinski definition) is 2. The van der Waals surface area contributed by atoms with Crippen LogP contribution in [0.1, 0.15) is 36.0 Å². The second-order valence-electron chi connectivity index (χ2n) is 5.46. The number of hydrogen-bond donors (Lipinski definition) is 1. The van der Waals surface area contributed by atoms with E-state index in [2.05, 4.69) is 5.32 Å². The first-order valence-corrected chi connectivity index (χ1v) is 7.06. The maximum atomic E-state index is 12.5. The zero-order valence-corrected chi connectivity index (χ0v) is 11.6. The van der Waals surface area contributed by atoms with Crippen LogP contribution in [0.5, 0.6) is 0 Å². The first-order valence-electron chi connectivity index (χ1n) is 7.06. The van der Waals surface area contributed by atoms with Gasteiger partial charge in [0.2, 0.25) is 0 Å². The Hall–Kier alpha value is -2.10. The number of rotatable bonds is 2. The van der Waals surface area contributed by atoms with Crippen molar-refractivity contribution in [3.05, 3.63) is 46.4 Å². The molecule has 1 amide bonds. The minimum Gasteiger partial charge on any atom is -0.349 e. The Kier molecular flexibility index (Phi) is 3.30. The molecule has 1 N–H and O–H groups in total. The molecule has 1 aromatic heterocycles. The number of carbonyl (C=O) groups is 1. The monoisotopic (exact) mass is 270 g/mol. The van der Waals surface area contributed by atoms with Gasteiger partial charge in [0.15, 0.2) is 0 Å². The number of amides is 1. The van der Waals surface area contributed by atoms with Gasteiger partial charge in [-0.15, -0.1) is 0 Å². The number of nitrogens with zero attached hydrogens (tertiary/aromatic N) is 1. The number of aryl methyl sites for hydroxylation is 1. The first-order chi connectivity index (χ1) is 9.66. The summed E-state index contributed by atoms with van der Waals surface area (Å²) in [7, 11) is 1.68. The molecule has 1 fully saturated rings. The highest BCUT2D eigenvalue weighted by molar-refractivity contribution is 6.06. The molecule has 0 spiro atoms. The van der Waals surface area contributed by atoms with E-state index < -0.39 is 0 Å². The van der Waals surface area contributed by atoms with E-state index in [0.717, 1.165) is 18.2 Å². The maximum absolute atomic E-state index is 12.5. The normalized spacial score (nSPS) is 15.7. The highest BCUT2D eigenvalue weighted by atomic mass is 16.2. The molecule has 4 nitrogen and oxygen atoms in total. The van der Waals surface area contributed by atoms with Gasteiger partial charge < -0.3 is 9.88 Å². The highest BCUT2D eigenvalue weighted by Crippen LogP contribution is 2.20. The fourth-order valence-corrected chi connectivity index (χ4v) is 2.93. The van der Waals surface area contributed by atoms with Gasteiger partial charge in [0, 0.05) is 30.1 Å². The van der Waals surface area contributed by atoms with Crippen molar-refractivity contribution in [2.75, 3.05) is 0 Å². The predicted octanol–water partition coefficient (Wildman–Crippen LogP) is 2.21. The van der Waals surface area contributed by atoms with Crippen molar-refractivity contribution < 1.29 is 4.79 Å². The summed E-state index contributed by atoms with van der Waals surface area (Å²) >= 11 is 0. The molecule has 2 aromatic rings. The molecular formula is C16H18N2O2. The molecule has 1 heterocycles. The SMILES string of the molecule is Cn1cc(C(=O)NC2CCCC2)c2ccccc2c1=O. The topological polar surface area (TPSA) is 51.1 Å². The number of fused-ring (bicyclic) bond motifs is 1. The number of pyridine rings is 1. The molecule has 3 rings (SSSR count). The largest absolute Gasteiger partial charge is 0.349 e. The van der Waals surface area contributed by atoms with Gasteiger partial charge in [-0.25, -0.2) is 0 Å². The Morgan fingerprint density at radius 2 is 1.85 bits per heavy atom. The van der Waals surface area contributed by atoms with Gasteiger partial charge in [-0.2, -0.15) is 0 Å². The van der Waals surface area contributed by atoms with Crippen LogP contribution in [0.3, 0.4) is 0 Å². The summed E-state index contributed by atoms with van der Waals surface area (Å²) < 4.78 is 1.48. The van der Waals surface area contributed by atoms with Gasteiger partial charge in [0.05, 0.1) is 5.56 Å². The summed E-state index contributed by atoms with van der Waals surface area (Å²) in [5.41, 5.74) is 0.507. The zero-order valence-electron chi connectivity index (χ0n) is 11.6. The van der Waals surface area contributed by atoms with Gasteiger partial charge in [-0.3, -0.25) is 9.59 Å². The van der Waals surface area contributed by atoms with Crippen molar-refractivity contribution in [2.24, 2.45) is 7.05 Å². The zero-order chi connectivity index (χ0) is 14.1. The van der Waals surface area contributed by atoms with Crippen LogP contribution in [0, 0.1) is 0 Å². The Balaban J connectivity index is 2.04. The third kappa shape index (κ3) is 2.22. The van der Waals surface area contributed by atoms with Gasteiger partial charge >= 0.3 is 0 Å². The summed E-state index contributed by atoms with van der Waals surface area (Å²) in [4.78, 5) is 24.5. The summed E-state index contributed by atoms with van der Waals surface area (Å²) in [6.07, 6.45) is 6.10. The quantitative estimate of drug-likeness (QED) is 0.909. The summed E-state index contributed by atoms with van der Waals surface area (Å²) in [5.74, 6) is -0.0799. The Bertz CT molecular complexity index is 712. The molecule has 1 aliphatic rings. The fraction of sp³-hybridized carbons (Fsp3) is 0.375. The minimum absolute atomic E-state index is 0.0713. The lowest BCUT2D eigenvalue weighted by Crippen LogP contribution is -2.33. The van der Waals surface area contributed by atoms with Crippen LogP contribution in [0.4, 0.5) is 0 Å². The molecule has 0 atom stereocenters. The van der Waals surface area contributed by atoms with Crippen LogP contribution >= 0.6 is 0 Å². The van der Waals surface area contributed by atoms with E-state index in [-0.39, 0.29) is 17.5 Å². The highest BCUT2D eigenvalue weighted by Gasteiger charge is 2.20. The third-order valence-electron chi connectivity index (χ3n) is 4.03. The second-order valence-corrected chi connectivity index (χ2v) is 5.46. The lowest BCUT2D eigenvalue weighted by Gasteiger charge is -2.14. The van der Waals surface area contributed by atoms with Crippen LogP contribution < -0.4 is 10.9 Å². The molecule has 0 aliphatic heterocycles. The molecule has 4 heteroatoms. The second kappa shape index (κ2) is 5.12. The fourth-order valence-electron chi connectivity index (χ4n) is 2.93. The average molecular weight is 270 g/mol. The van der Waals surface area contributed by atoms with E-state index >= 15 is 0 Å². The average Bonchev–Trinajstić information content (AvgIpc) is 2.95. The molecular weight excluding hydrogens is 252 g/mol. The molecule has 0 unspecified atom stereocenters. The van der Waals surface area contributed by atoms with Crippen LogP contribution in [0.2, 0.25) is 0 Å².